The number of alkyl halides is 1. The fourth-order valence-electron chi connectivity index (χ4n) is 4.63. The van der Waals surface area contributed by atoms with Gasteiger partial charge in [0.25, 0.3) is 0 Å². The number of allylic oxidation sites excluding steroid dienone is 9. The quantitative estimate of drug-likeness (QED) is 0.0479. The first-order valence-electron chi connectivity index (χ1n) is 15.3. The summed E-state index contributed by atoms with van der Waals surface area (Å²) in [5.74, 6) is -3.51. The van der Waals surface area contributed by atoms with Gasteiger partial charge in [0, 0.05) is 35.5 Å². The molecule has 1 aliphatic rings. The number of nitrogens with one attached hydrogen (secondary N) is 1. The lowest BCUT2D eigenvalue weighted by molar-refractivity contribution is -0.143. The van der Waals surface area contributed by atoms with E-state index in [0.29, 0.717) is 25.7 Å². The number of rotatable bonds is 18. The Hall–Kier alpha value is -3.26. The standard InChI is InChI=1S/C33H47Cl2N3O9/c1-4-5-13-27(47-33(37)46)29(35)25(39)18-26(40)31(43)30(42)20(3)22(34)12-8-6-10-19(2)11-7-9-14-28(41)38-24-17-21(32(44)45)15-16-23(24)36/h5-14,20-21,23-25,27,29-31,39,42-43H,4,15-18,36H2,1-3H3,(H2,37,46)(H,38,41)(H,44,45)/b8-6+,11-7+,13-5+,14-9+,19-10+,22-12-. The average molecular weight is 701 g/mol. The number of ketones is 1. The van der Waals surface area contributed by atoms with Gasteiger partial charge in [0.05, 0.1) is 18.1 Å². The molecule has 9 atom stereocenters. The zero-order valence-electron chi connectivity index (χ0n) is 26.7. The van der Waals surface area contributed by atoms with Gasteiger partial charge in [0.15, 0.2) is 5.78 Å². The van der Waals surface area contributed by atoms with Crippen LogP contribution in [-0.2, 0) is 19.1 Å². The smallest absolute Gasteiger partial charge is 0.405 e. The van der Waals surface area contributed by atoms with Crippen molar-refractivity contribution in [2.75, 3.05) is 0 Å². The highest BCUT2D eigenvalue weighted by atomic mass is 35.5. The van der Waals surface area contributed by atoms with Gasteiger partial charge in [-0.3, -0.25) is 14.4 Å². The molecule has 0 aliphatic heterocycles. The third-order valence-corrected chi connectivity index (χ3v) is 8.54. The number of Topliss-reactive ketones (excluding diaryl/α,β-unsaturated/α-hetero) is 1. The highest BCUT2D eigenvalue weighted by molar-refractivity contribution is 6.30. The molecular formula is C33H47Cl2N3O9. The van der Waals surface area contributed by atoms with E-state index in [1.807, 2.05) is 13.8 Å². The number of amides is 2. The molecule has 0 radical (unpaired) electrons. The Balaban J connectivity index is 2.66. The van der Waals surface area contributed by atoms with Crippen LogP contribution in [0.4, 0.5) is 4.79 Å². The highest BCUT2D eigenvalue weighted by Gasteiger charge is 2.35. The summed E-state index contributed by atoms with van der Waals surface area (Å²) in [5.41, 5.74) is 11.9. The van der Waals surface area contributed by atoms with E-state index in [-0.39, 0.29) is 17.0 Å². The van der Waals surface area contributed by atoms with Gasteiger partial charge in [-0.2, -0.15) is 0 Å². The van der Waals surface area contributed by atoms with Crippen molar-refractivity contribution in [3.8, 4) is 0 Å². The van der Waals surface area contributed by atoms with Crippen LogP contribution in [0.25, 0.3) is 0 Å². The Kier molecular flexibility index (Phi) is 19.2. The molecule has 2 amide bonds. The number of carbonyl (C=O) groups is 4. The van der Waals surface area contributed by atoms with Crippen molar-refractivity contribution in [1.29, 1.82) is 0 Å². The highest BCUT2D eigenvalue weighted by Crippen LogP contribution is 2.25. The second-order valence-electron chi connectivity index (χ2n) is 11.3. The molecule has 1 aliphatic carbocycles. The lowest BCUT2D eigenvalue weighted by Crippen LogP contribution is -2.51. The lowest BCUT2D eigenvalue weighted by atomic mass is 9.82. The minimum absolute atomic E-state index is 0.152. The van der Waals surface area contributed by atoms with Crippen molar-refractivity contribution in [2.45, 2.75) is 94.8 Å². The first kappa shape index (κ1) is 41.8. The number of hydrogen-bond donors (Lipinski definition) is 7. The summed E-state index contributed by atoms with van der Waals surface area (Å²) in [6, 6.07) is -0.696. The number of halogens is 2. The van der Waals surface area contributed by atoms with Crippen LogP contribution < -0.4 is 16.8 Å². The van der Waals surface area contributed by atoms with Crippen molar-refractivity contribution in [1.82, 2.24) is 5.32 Å². The van der Waals surface area contributed by atoms with Crippen molar-refractivity contribution in [2.24, 2.45) is 23.3 Å². The topological polar surface area (TPSA) is 222 Å². The van der Waals surface area contributed by atoms with Crippen LogP contribution in [0.3, 0.4) is 0 Å². The minimum Gasteiger partial charge on any atom is -0.481 e. The zero-order chi connectivity index (χ0) is 35.7. The number of carbonyl (C=O) groups excluding carboxylic acids is 3. The third kappa shape index (κ3) is 15.5. The van der Waals surface area contributed by atoms with Crippen LogP contribution in [-0.4, -0.2) is 86.1 Å². The van der Waals surface area contributed by atoms with Gasteiger partial charge in [-0.05, 0) is 44.8 Å². The Bertz CT molecular complexity index is 1250. The third-order valence-electron chi connectivity index (χ3n) is 7.53. The second kappa shape index (κ2) is 21.6. The summed E-state index contributed by atoms with van der Waals surface area (Å²) in [7, 11) is 0. The monoisotopic (exact) mass is 699 g/mol. The van der Waals surface area contributed by atoms with Crippen LogP contribution in [0.15, 0.2) is 71.4 Å². The lowest BCUT2D eigenvalue weighted by Gasteiger charge is -2.32. The van der Waals surface area contributed by atoms with E-state index in [2.05, 4.69) is 5.32 Å². The van der Waals surface area contributed by atoms with Crippen LogP contribution >= 0.6 is 23.2 Å². The van der Waals surface area contributed by atoms with Gasteiger partial charge in [0.1, 0.15) is 17.6 Å². The first-order chi connectivity index (χ1) is 22.1. The minimum atomic E-state index is -1.88. The Morgan fingerprint density at radius 3 is 2.30 bits per heavy atom. The molecule has 1 fully saturated rings. The Labute approximate surface area is 285 Å². The average Bonchev–Trinajstić information content (AvgIpc) is 3.02. The van der Waals surface area contributed by atoms with Crippen molar-refractivity contribution >= 4 is 47.0 Å². The molecule has 0 saturated heterocycles. The fourth-order valence-corrected chi connectivity index (χ4v) is 5.05. The summed E-state index contributed by atoms with van der Waals surface area (Å²) in [6.07, 6.45) is 9.97. The van der Waals surface area contributed by atoms with Crippen LogP contribution in [0.2, 0.25) is 0 Å². The molecule has 0 spiro atoms. The Morgan fingerprint density at radius 1 is 1.04 bits per heavy atom. The summed E-state index contributed by atoms with van der Waals surface area (Å²) in [6.45, 7) is 5.16. The summed E-state index contributed by atoms with van der Waals surface area (Å²) >= 11 is 12.5. The molecule has 0 heterocycles. The molecule has 1 saturated carbocycles. The molecular weight excluding hydrogens is 653 g/mol. The van der Waals surface area contributed by atoms with Crippen molar-refractivity contribution in [3.63, 3.8) is 0 Å². The first-order valence-corrected chi connectivity index (χ1v) is 16.1. The van der Waals surface area contributed by atoms with Gasteiger partial charge >= 0.3 is 12.1 Å². The molecule has 262 valence electrons. The van der Waals surface area contributed by atoms with Gasteiger partial charge in [-0.25, -0.2) is 4.79 Å². The number of hydrogen-bond acceptors (Lipinski definition) is 9. The number of carboxylic acid groups (broad SMARTS) is 1. The fraction of sp³-hybridized carbons (Fsp3) is 0.515. The number of aliphatic hydroxyl groups excluding tert-OH is 3. The van der Waals surface area contributed by atoms with Gasteiger partial charge in [-0.1, -0.05) is 73.6 Å². The van der Waals surface area contributed by atoms with Gasteiger partial charge in [0.2, 0.25) is 5.91 Å². The number of aliphatic hydroxyl groups is 3. The Morgan fingerprint density at radius 2 is 1.68 bits per heavy atom. The number of carboxylic acids is 1. The van der Waals surface area contributed by atoms with E-state index in [0.717, 1.165) is 5.57 Å². The molecule has 12 nitrogen and oxygen atoms in total. The maximum Gasteiger partial charge on any atom is 0.405 e. The van der Waals surface area contributed by atoms with E-state index in [1.165, 1.54) is 25.2 Å². The van der Waals surface area contributed by atoms with E-state index in [9.17, 15) is 39.6 Å². The molecule has 1 rings (SSSR count). The van der Waals surface area contributed by atoms with E-state index in [1.54, 1.807) is 42.5 Å². The summed E-state index contributed by atoms with van der Waals surface area (Å²) in [5, 5.41) is 42.3. The second-order valence-corrected chi connectivity index (χ2v) is 12.3. The SMILES string of the molecule is CC/C=C/C(OC(N)=O)C(Cl)C(O)CC(=O)C(O)C(O)C(C)/C(Cl)=C/C=C/C=C(C)/C=C/C=C/C(=O)NC1CC(C(=O)O)CCC1N. The molecule has 9 unspecified atom stereocenters. The number of nitrogens with two attached hydrogens (primary N) is 2. The van der Waals surface area contributed by atoms with E-state index >= 15 is 0 Å². The van der Waals surface area contributed by atoms with Crippen LogP contribution in [0, 0.1) is 11.8 Å². The largest absolute Gasteiger partial charge is 0.481 e. The van der Waals surface area contributed by atoms with Crippen molar-refractivity contribution < 1.29 is 44.3 Å². The molecule has 0 bridgehead atoms. The summed E-state index contributed by atoms with van der Waals surface area (Å²) < 4.78 is 4.89. The van der Waals surface area contributed by atoms with Crippen LogP contribution in [0.5, 0.6) is 0 Å². The molecule has 9 N–H and O–H groups in total. The van der Waals surface area contributed by atoms with E-state index in [4.69, 9.17) is 39.4 Å². The van der Waals surface area contributed by atoms with Crippen molar-refractivity contribution in [3.05, 3.63) is 71.4 Å². The normalized spacial score (nSPS) is 23.5. The molecule has 0 aromatic carbocycles. The predicted octanol–water partition coefficient (Wildman–Crippen LogP) is 3.14. The predicted molar refractivity (Wildman–Crippen MR) is 180 cm³/mol. The molecule has 14 heteroatoms. The number of aliphatic carboxylic acids is 1. The van der Waals surface area contributed by atoms with Gasteiger partial charge < -0.3 is 41.9 Å². The molecule has 47 heavy (non-hydrogen) atoms. The molecule has 0 aromatic heterocycles. The zero-order valence-corrected chi connectivity index (χ0v) is 28.3. The maximum absolute atomic E-state index is 12.6. The van der Waals surface area contributed by atoms with E-state index < -0.39 is 71.9 Å². The van der Waals surface area contributed by atoms with Gasteiger partial charge in [-0.15, -0.1) is 11.6 Å². The number of primary amides is 1. The van der Waals surface area contributed by atoms with Crippen LogP contribution in [0.1, 0.15) is 52.9 Å². The maximum atomic E-state index is 12.6. The summed E-state index contributed by atoms with van der Waals surface area (Å²) in [4.78, 5) is 47.2. The number of ether oxygens (including phenoxy) is 1. The molecule has 0 aromatic rings.